The zero-order valence-electron chi connectivity index (χ0n) is 19.7. The van der Waals surface area contributed by atoms with E-state index in [0.29, 0.717) is 5.92 Å². The highest BCUT2D eigenvalue weighted by atomic mass is 127. The van der Waals surface area contributed by atoms with Gasteiger partial charge in [0.05, 0.1) is 22.9 Å². The van der Waals surface area contributed by atoms with Crippen molar-refractivity contribution in [1.29, 1.82) is 0 Å². The highest BCUT2D eigenvalue weighted by Gasteiger charge is 2.33. The summed E-state index contributed by atoms with van der Waals surface area (Å²) in [5, 5.41) is 2.99. The molecule has 0 aliphatic heterocycles. The average molecular weight is 548 g/mol. The number of hydrogen-bond donors (Lipinski definition) is 1. The second kappa shape index (κ2) is 11.9. The zero-order chi connectivity index (χ0) is 23.8. The van der Waals surface area contributed by atoms with E-state index >= 15 is 0 Å². The molecule has 1 aliphatic carbocycles. The van der Waals surface area contributed by atoms with Crippen LogP contribution in [-0.4, -0.2) is 44.4 Å². The number of carbonyl (C=O) groups excluding carboxylic acids is 3. The Hall–Kier alpha value is -1.58. The number of esters is 1. The Morgan fingerprint density at radius 2 is 1.71 bits per heavy atom. The summed E-state index contributed by atoms with van der Waals surface area (Å²) in [5.74, 6) is -0.361. The van der Waals surface area contributed by atoms with Crippen molar-refractivity contribution >= 4 is 40.8 Å². The van der Waals surface area contributed by atoms with Crippen molar-refractivity contribution in [3.05, 3.63) is 24.3 Å². The lowest BCUT2D eigenvalue weighted by Crippen LogP contribution is -2.49. The lowest BCUT2D eigenvalue weighted by molar-refractivity contribution is -0.155. The van der Waals surface area contributed by atoms with Gasteiger partial charge < -0.3 is 14.8 Å². The minimum atomic E-state index is -0.854. The number of nitrogens with one attached hydrogen (secondary N) is 1. The summed E-state index contributed by atoms with van der Waals surface area (Å²) in [7, 11) is 0. The van der Waals surface area contributed by atoms with Gasteiger partial charge in [-0.25, -0.2) is 7.91 Å². The van der Waals surface area contributed by atoms with Gasteiger partial charge >= 0.3 is 12.1 Å². The van der Waals surface area contributed by atoms with E-state index in [2.05, 4.69) is 17.5 Å². The van der Waals surface area contributed by atoms with E-state index in [0.717, 1.165) is 12.8 Å². The number of rotatable bonds is 8. The summed E-state index contributed by atoms with van der Waals surface area (Å²) in [4.78, 5) is 37.8. The largest absolute Gasteiger partial charge is 0.460 e. The molecule has 0 spiro atoms. The molecule has 0 fully saturated rings. The van der Waals surface area contributed by atoms with Crippen molar-refractivity contribution in [3.8, 4) is 0 Å². The van der Waals surface area contributed by atoms with Crippen LogP contribution in [0.1, 0.15) is 74.1 Å². The Morgan fingerprint density at radius 1 is 1.10 bits per heavy atom. The monoisotopic (exact) mass is 548 g/mol. The van der Waals surface area contributed by atoms with Crippen molar-refractivity contribution in [3.63, 3.8) is 0 Å². The molecule has 0 bridgehead atoms. The third-order valence-electron chi connectivity index (χ3n) is 4.30. The van der Waals surface area contributed by atoms with Gasteiger partial charge in [0.25, 0.3) is 0 Å². The van der Waals surface area contributed by atoms with Gasteiger partial charge in [0, 0.05) is 12.5 Å². The maximum atomic E-state index is 13.1. The summed E-state index contributed by atoms with van der Waals surface area (Å²) in [6.45, 7) is 12.6. The predicted octanol–water partition coefficient (Wildman–Crippen LogP) is 5.09. The molecule has 0 saturated carbocycles. The number of ether oxygens (including phenoxy) is 2. The normalized spacial score (nSPS) is 18.1. The highest BCUT2D eigenvalue weighted by Crippen LogP contribution is 2.21. The predicted molar refractivity (Wildman–Crippen MR) is 130 cm³/mol. The van der Waals surface area contributed by atoms with E-state index in [1.54, 1.807) is 64.4 Å². The number of nitrogens with zero attached hydrogens (tertiary/aromatic N) is 1. The van der Waals surface area contributed by atoms with Gasteiger partial charge in [-0.2, -0.15) is 0 Å². The molecule has 3 atom stereocenters. The van der Waals surface area contributed by atoms with Crippen LogP contribution >= 0.6 is 22.9 Å². The van der Waals surface area contributed by atoms with Gasteiger partial charge in [0.2, 0.25) is 5.91 Å². The molecule has 1 N–H and O–H groups in total. The summed E-state index contributed by atoms with van der Waals surface area (Å²) >= 11 is 1.79. The Morgan fingerprint density at radius 3 is 2.23 bits per heavy atom. The van der Waals surface area contributed by atoms with Crippen LogP contribution in [0.5, 0.6) is 0 Å². The molecule has 7 nitrogen and oxygen atoms in total. The van der Waals surface area contributed by atoms with Crippen LogP contribution < -0.4 is 5.32 Å². The van der Waals surface area contributed by atoms with E-state index in [4.69, 9.17) is 9.47 Å². The minimum Gasteiger partial charge on any atom is -0.460 e. The molecule has 0 aromatic rings. The molecule has 176 valence electrons. The molecule has 0 heterocycles. The molecule has 1 unspecified atom stereocenters. The van der Waals surface area contributed by atoms with E-state index < -0.39 is 29.3 Å². The van der Waals surface area contributed by atoms with E-state index in [1.807, 2.05) is 19.1 Å². The van der Waals surface area contributed by atoms with Crippen molar-refractivity contribution in [2.24, 2.45) is 5.92 Å². The fourth-order valence-electron chi connectivity index (χ4n) is 3.09. The molecular formula is C23H37IN2O5. The third-order valence-corrected chi connectivity index (χ3v) is 5.37. The number of halogens is 1. The Kier molecular flexibility index (Phi) is 10.5. The summed E-state index contributed by atoms with van der Waals surface area (Å²) in [6.07, 6.45) is 9.54. The SMILES string of the molecule is C[C@H](CC1C=CC=CC1)NC(=O)[C@@H](CCC(=O)OC(C)(C)C)N(I)C(=O)OC(C)(C)C. The van der Waals surface area contributed by atoms with Gasteiger partial charge in [0.15, 0.2) is 0 Å². The fourth-order valence-corrected chi connectivity index (χ4v) is 3.72. The van der Waals surface area contributed by atoms with Crippen LogP contribution in [-0.2, 0) is 19.1 Å². The number of allylic oxidation sites excluding steroid dienone is 4. The molecule has 8 heteroatoms. The molecule has 0 saturated heterocycles. The Balaban J connectivity index is 2.82. The van der Waals surface area contributed by atoms with Gasteiger partial charge in [-0.3, -0.25) is 9.59 Å². The van der Waals surface area contributed by atoms with Crippen molar-refractivity contribution < 1.29 is 23.9 Å². The van der Waals surface area contributed by atoms with Gasteiger partial charge in [0.1, 0.15) is 17.2 Å². The standard InChI is InChI=1S/C23H37IN2O5/c1-16(15-17-11-9-8-10-12-17)25-20(28)18(13-14-19(27)30-22(2,3)4)26(24)21(29)31-23(5,6)7/h8-11,16-18H,12-15H2,1-7H3,(H,25,28)/t16-,17?,18-/m1/s1. The summed E-state index contributed by atoms with van der Waals surface area (Å²) in [6, 6.07) is -0.937. The molecule has 1 aliphatic rings. The van der Waals surface area contributed by atoms with Crippen LogP contribution in [0.25, 0.3) is 0 Å². The van der Waals surface area contributed by atoms with Gasteiger partial charge in [-0.1, -0.05) is 24.3 Å². The van der Waals surface area contributed by atoms with Crippen molar-refractivity contribution in [2.75, 3.05) is 0 Å². The Labute approximate surface area is 200 Å². The van der Waals surface area contributed by atoms with Crippen LogP contribution in [0.4, 0.5) is 4.79 Å². The van der Waals surface area contributed by atoms with Gasteiger partial charge in [-0.05, 0) is 73.6 Å². The summed E-state index contributed by atoms with van der Waals surface area (Å²) < 4.78 is 12.0. The van der Waals surface area contributed by atoms with Crippen molar-refractivity contribution in [1.82, 2.24) is 8.43 Å². The van der Waals surface area contributed by atoms with Crippen LogP contribution in [0.3, 0.4) is 0 Å². The molecule has 0 aromatic carbocycles. The van der Waals surface area contributed by atoms with E-state index in [1.165, 1.54) is 3.11 Å². The lowest BCUT2D eigenvalue weighted by Gasteiger charge is -2.30. The quantitative estimate of drug-likeness (QED) is 0.260. The molecular weight excluding hydrogens is 511 g/mol. The number of hydrogen-bond acceptors (Lipinski definition) is 5. The van der Waals surface area contributed by atoms with Gasteiger partial charge in [-0.15, -0.1) is 0 Å². The molecule has 2 amide bonds. The van der Waals surface area contributed by atoms with Crippen LogP contribution in [0, 0.1) is 5.92 Å². The zero-order valence-corrected chi connectivity index (χ0v) is 21.9. The molecule has 0 aromatic heterocycles. The molecule has 0 radical (unpaired) electrons. The third kappa shape index (κ3) is 11.6. The summed E-state index contributed by atoms with van der Waals surface area (Å²) in [5.41, 5.74) is -1.30. The van der Waals surface area contributed by atoms with E-state index in [9.17, 15) is 14.4 Å². The Bertz CT molecular complexity index is 691. The number of carbonyl (C=O) groups is 3. The van der Waals surface area contributed by atoms with Crippen LogP contribution in [0.2, 0.25) is 0 Å². The van der Waals surface area contributed by atoms with E-state index in [-0.39, 0.29) is 24.8 Å². The second-order valence-corrected chi connectivity index (χ2v) is 10.9. The first-order valence-corrected chi connectivity index (χ1v) is 11.7. The number of amides is 2. The molecule has 1 rings (SSSR count). The maximum absolute atomic E-state index is 13.1. The highest BCUT2D eigenvalue weighted by molar-refractivity contribution is 14.1. The lowest BCUT2D eigenvalue weighted by atomic mass is 9.94. The molecule has 31 heavy (non-hydrogen) atoms. The minimum absolute atomic E-state index is 0.0161. The topological polar surface area (TPSA) is 84.9 Å². The fraction of sp³-hybridized carbons (Fsp3) is 0.696. The van der Waals surface area contributed by atoms with Crippen LogP contribution in [0.15, 0.2) is 24.3 Å². The first-order chi connectivity index (χ1) is 14.2. The average Bonchev–Trinajstić information content (AvgIpc) is 2.59. The smallest absolute Gasteiger partial charge is 0.419 e. The second-order valence-electron chi connectivity index (χ2n) is 9.89. The maximum Gasteiger partial charge on any atom is 0.419 e. The van der Waals surface area contributed by atoms with Crippen molar-refractivity contribution in [2.45, 2.75) is 97.4 Å². The first kappa shape index (κ1) is 27.5. The first-order valence-electron chi connectivity index (χ1n) is 10.7.